The number of carbonyl (C=O) groups is 1. The number of furan rings is 1. The van der Waals surface area contributed by atoms with Crippen molar-refractivity contribution in [1.82, 2.24) is 10.2 Å². The molecule has 1 N–H and O–H groups in total. The molecule has 4 heteroatoms. The molecule has 1 fully saturated rings. The van der Waals surface area contributed by atoms with Gasteiger partial charge in [0.15, 0.2) is 0 Å². The van der Waals surface area contributed by atoms with E-state index in [1.807, 2.05) is 49.2 Å². The van der Waals surface area contributed by atoms with Crippen LogP contribution in [0.15, 0.2) is 34.7 Å². The number of para-hydroxylation sites is 1. The molecule has 118 valence electrons. The minimum absolute atomic E-state index is 0.0140. The van der Waals surface area contributed by atoms with Gasteiger partial charge in [-0.3, -0.25) is 0 Å². The first-order valence-electron chi connectivity index (χ1n) is 8.17. The van der Waals surface area contributed by atoms with E-state index in [0.29, 0.717) is 6.04 Å². The highest BCUT2D eigenvalue weighted by molar-refractivity contribution is 5.78. The highest BCUT2D eigenvalue weighted by atomic mass is 16.3. The van der Waals surface area contributed by atoms with E-state index in [-0.39, 0.29) is 12.1 Å². The van der Waals surface area contributed by atoms with Gasteiger partial charge in [-0.2, -0.15) is 0 Å². The van der Waals surface area contributed by atoms with Gasteiger partial charge >= 0.3 is 6.03 Å². The van der Waals surface area contributed by atoms with Gasteiger partial charge in [0.1, 0.15) is 11.3 Å². The van der Waals surface area contributed by atoms with Crippen LogP contribution in [0, 0.1) is 0 Å². The summed E-state index contributed by atoms with van der Waals surface area (Å²) in [5.74, 6) is 0.798. The molecule has 2 aromatic rings. The molecule has 0 saturated heterocycles. The predicted octanol–water partition coefficient (Wildman–Crippen LogP) is 4.47. The average molecular weight is 300 g/mol. The number of fused-ring (bicyclic) bond motifs is 1. The van der Waals surface area contributed by atoms with Crippen LogP contribution in [0.3, 0.4) is 0 Å². The van der Waals surface area contributed by atoms with Crippen LogP contribution in [0.5, 0.6) is 0 Å². The fourth-order valence-corrected chi connectivity index (χ4v) is 3.21. The molecule has 1 aliphatic carbocycles. The minimum atomic E-state index is -0.133. The van der Waals surface area contributed by atoms with E-state index in [2.05, 4.69) is 5.32 Å². The van der Waals surface area contributed by atoms with Crippen molar-refractivity contribution in [3.8, 4) is 0 Å². The van der Waals surface area contributed by atoms with Crippen molar-refractivity contribution in [3.63, 3.8) is 0 Å². The summed E-state index contributed by atoms with van der Waals surface area (Å²) in [5, 5.41) is 4.12. The van der Waals surface area contributed by atoms with E-state index >= 15 is 0 Å². The van der Waals surface area contributed by atoms with E-state index in [1.54, 1.807) is 0 Å². The Morgan fingerprint density at radius 2 is 2.00 bits per heavy atom. The number of urea groups is 1. The van der Waals surface area contributed by atoms with Crippen molar-refractivity contribution in [2.24, 2.45) is 0 Å². The Morgan fingerprint density at radius 3 is 2.73 bits per heavy atom. The number of nitrogens with zero attached hydrogens (tertiary/aromatic N) is 1. The zero-order valence-electron chi connectivity index (χ0n) is 13.3. The maximum Gasteiger partial charge on any atom is 0.317 e. The fraction of sp³-hybridized carbons (Fsp3) is 0.500. The second kappa shape index (κ2) is 6.42. The van der Waals surface area contributed by atoms with E-state index in [1.165, 1.54) is 19.3 Å². The molecular weight excluding hydrogens is 276 g/mol. The monoisotopic (exact) mass is 300 g/mol. The summed E-state index contributed by atoms with van der Waals surface area (Å²) in [6.45, 7) is 1.96. The number of rotatable bonds is 3. The van der Waals surface area contributed by atoms with Crippen LogP contribution in [-0.4, -0.2) is 24.0 Å². The van der Waals surface area contributed by atoms with E-state index in [4.69, 9.17) is 4.42 Å². The zero-order valence-corrected chi connectivity index (χ0v) is 13.3. The van der Waals surface area contributed by atoms with Crippen LogP contribution in [0.2, 0.25) is 0 Å². The Morgan fingerprint density at radius 1 is 1.27 bits per heavy atom. The molecule has 2 amide bonds. The Labute approximate surface area is 131 Å². The third-order valence-corrected chi connectivity index (χ3v) is 4.65. The quantitative estimate of drug-likeness (QED) is 0.909. The Bertz CT molecular complexity index is 610. The van der Waals surface area contributed by atoms with Crippen LogP contribution >= 0.6 is 0 Å². The fourth-order valence-electron chi connectivity index (χ4n) is 3.21. The first kappa shape index (κ1) is 14.9. The largest absolute Gasteiger partial charge is 0.459 e. The molecule has 3 rings (SSSR count). The number of benzene rings is 1. The van der Waals surface area contributed by atoms with Crippen molar-refractivity contribution >= 4 is 17.0 Å². The summed E-state index contributed by atoms with van der Waals surface area (Å²) < 4.78 is 5.82. The second-order valence-electron chi connectivity index (χ2n) is 6.26. The highest BCUT2D eigenvalue weighted by Gasteiger charge is 2.23. The van der Waals surface area contributed by atoms with Crippen LogP contribution in [0.4, 0.5) is 4.79 Å². The maximum absolute atomic E-state index is 12.4. The van der Waals surface area contributed by atoms with Gasteiger partial charge in [0.2, 0.25) is 0 Å². The van der Waals surface area contributed by atoms with Crippen molar-refractivity contribution in [1.29, 1.82) is 0 Å². The molecule has 1 aromatic heterocycles. The molecule has 0 radical (unpaired) electrons. The normalized spacial score (nSPS) is 17.4. The standard InChI is InChI=1S/C18H24N2O2/c1-13(17-12-14-8-6-7-11-16(14)22-17)19-18(21)20(2)15-9-4-3-5-10-15/h6-8,11-13,15H,3-5,9-10H2,1-2H3,(H,19,21). The maximum atomic E-state index is 12.4. The lowest BCUT2D eigenvalue weighted by Crippen LogP contribution is -2.45. The first-order chi connectivity index (χ1) is 10.6. The number of hydrogen-bond donors (Lipinski definition) is 1. The molecule has 0 spiro atoms. The van der Waals surface area contributed by atoms with Gasteiger partial charge in [-0.25, -0.2) is 4.79 Å². The summed E-state index contributed by atoms with van der Waals surface area (Å²) in [5.41, 5.74) is 0.860. The molecule has 1 aliphatic rings. The lowest BCUT2D eigenvalue weighted by molar-refractivity contribution is 0.170. The van der Waals surface area contributed by atoms with Crippen LogP contribution in [-0.2, 0) is 0 Å². The molecule has 4 nitrogen and oxygen atoms in total. The summed E-state index contributed by atoms with van der Waals surface area (Å²) in [7, 11) is 1.90. The van der Waals surface area contributed by atoms with Gasteiger partial charge in [-0.15, -0.1) is 0 Å². The lowest BCUT2D eigenvalue weighted by atomic mass is 9.95. The third kappa shape index (κ3) is 3.11. The topological polar surface area (TPSA) is 45.5 Å². The average Bonchev–Trinajstić information content (AvgIpc) is 2.99. The van der Waals surface area contributed by atoms with Crippen LogP contribution < -0.4 is 5.32 Å². The summed E-state index contributed by atoms with van der Waals surface area (Å²) >= 11 is 0. The summed E-state index contributed by atoms with van der Waals surface area (Å²) in [4.78, 5) is 14.3. The smallest absolute Gasteiger partial charge is 0.317 e. The predicted molar refractivity (Wildman–Crippen MR) is 87.8 cm³/mol. The van der Waals surface area contributed by atoms with E-state index in [9.17, 15) is 4.79 Å². The number of carbonyl (C=O) groups excluding carboxylic acids is 1. The highest BCUT2D eigenvalue weighted by Crippen LogP contribution is 2.25. The Hall–Kier alpha value is -1.97. The van der Waals surface area contributed by atoms with Gasteiger partial charge in [0, 0.05) is 18.5 Å². The van der Waals surface area contributed by atoms with Gasteiger partial charge in [-0.1, -0.05) is 37.5 Å². The molecule has 1 aromatic carbocycles. The number of hydrogen-bond acceptors (Lipinski definition) is 2. The van der Waals surface area contributed by atoms with Crippen molar-refractivity contribution in [2.45, 2.75) is 51.1 Å². The minimum Gasteiger partial charge on any atom is -0.459 e. The molecule has 1 saturated carbocycles. The number of amides is 2. The first-order valence-corrected chi connectivity index (χ1v) is 8.17. The lowest BCUT2D eigenvalue weighted by Gasteiger charge is -2.32. The van der Waals surface area contributed by atoms with Gasteiger partial charge < -0.3 is 14.6 Å². The van der Waals surface area contributed by atoms with Crippen LogP contribution in [0.25, 0.3) is 11.0 Å². The van der Waals surface area contributed by atoms with Crippen molar-refractivity contribution in [3.05, 3.63) is 36.1 Å². The molecule has 22 heavy (non-hydrogen) atoms. The third-order valence-electron chi connectivity index (χ3n) is 4.65. The van der Waals surface area contributed by atoms with E-state index in [0.717, 1.165) is 29.6 Å². The zero-order chi connectivity index (χ0) is 15.5. The van der Waals surface area contributed by atoms with E-state index < -0.39 is 0 Å². The summed E-state index contributed by atoms with van der Waals surface area (Å²) in [6, 6.07) is 10.1. The number of nitrogens with one attached hydrogen (secondary N) is 1. The van der Waals surface area contributed by atoms with Crippen LogP contribution in [0.1, 0.15) is 50.8 Å². The van der Waals surface area contributed by atoms with Crippen molar-refractivity contribution in [2.75, 3.05) is 7.05 Å². The summed E-state index contributed by atoms with van der Waals surface area (Å²) in [6.07, 6.45) is 5.97. The van der Waals surface area contributed by atoms with Gasteiger partial charge in [0.05, 0.1) is 6.04 Å². The Balaban J connectivity index is 1.64. The van der Waals surface area contributed by atoms with Crippen molar-refractivity contribution < 1.29 is 9.21 Å². The molecule has 1 atom stereocenters. The molecule has 1 heterocycles. The second-order valence-corrected chi connectivity index (χ2v) is 6.26. The van der Waals surface area contributed by atoms with Gasteiger partial charge in [-0.05, 0) is 31.9 Å². The SMILES string of the molecule is CC(NC(=O)N(C)C1CCCCC1)c1cc2ccccc2o1. The molecular formula is C18H24N2O2. The molecule has 0 bridgehead atoms. The Kier molecular flexibility index (Phi) is 4.36. The molecule has 1 unspecified atom stereocenters. The molecule has 0 aliphatic heterocycles. The van der Waals surface area contributed by atoms with Gasteiger partial charge in [0.25, 0.3) is 0 Å².